The number of hydrogen-bond acceptors (Lipinski definition) is 3. The van der Waals surface area contributed by atoms with E-state index < -0.39 is 0 Å². The molecule has 1 aromatic carbocycles. The van der Waals surface area contributed by atoms with Gasteiger partial charge in [-0.3, -0.25) is 4.79 Å². The van der Waals surface area contributed by atoms with Crippen LogP contribution in [-0.4, -0.2) is 38.9 Å². The van der Waals surface area contributed by atoms with E-state index in [1.807, 2.05) is 13.8 Å². The highest BCUT2D eigenvalue weighted by Gasteiger charge is 2.29. The molecule has 1 aromatic rings. The molecule has 4 nitrogen and oxygen atoms in total. The molecule has 1 amide bonds. The Morgan fingerprint density at radius 2 is 2.00 bits per heavy atom. The van der Waals surface area contributed by atoms with Gasteiger partial charge in [0, 0.05) is 17.9 Å². The van der Waals surface area contributed by atoms with E-state index in [2.05, 4.69) is 15.9 Å². The molecular formula is C12H16BrNO3. The molecule has 0 aromatic heterocycles. The van der Waals surface area contributed by atoms with E-state index >= 15 is 0 Å². The van der Waals surface area contributed by atoms with Crippen LogP contribution in [0.15, 0.2) is 18.2 Å². The fourth-order valence-electron chi connectivity index (χ4n) is 1.25. The number of benzene rings is 1. The van der Waals surface area contributed by atoms with Gasteiger partial charge in [0.2, 0.25) is 0 Å². The maximum Gasteiger partial charge on any atom is 0.257 e. The van der Waals surface area contributed by atoms with Crippen LogP contribution in [0.3, 0.4) is 0 Å². The van der Waals surface area contributed by atoms with Crippen molar-refractivity contribution in [3.05, 3.63) is 23.8 Å². The van der Waals surface area contributed by atoms with E-state index in [9.17, 15) is 15.0 Å². The smallest absolute Gasteiger partial charge is 0.257 e. The second-order valence-electron chi connectivity index (χ2n) is 4.48. The summed E-state index contributed by atoms with van der Waals surface area (Å²) in [5.41, 5.74) is -0.281. The van der Waals surface area contributed by atoms with Gasteiger partial charge in [0.25, 0.3) is 5.91 Å². The molecule has 0 aliphatic heterocycles. The first-order valence-electron chi connectivity index (χ1n) is 5.16. The summed E-state index contributed by atoms with van der Waals surface area (Å²) in [4.78, 5) is 13.7. The van der Waals surface area contributed by atoms with Crippen LogP contribution >= 0.6 is 15.9 Å². The van der Waals surface area contributed by atoms with Crippen molar-refractivity contribution in [2.45, 2.75) is 19.4 Å². The number of aromatic hydroxyl groups is 2. The normalized spacial score (nSPS) is 11.3. The Balaban J connectivity index is 3.09. The molecule has 0 aliphatic carbocycles. The number of halogens is 1. The first-order valence-corrected chi connectivity index (χ1v) is 6.28. The number of nitrogens with zero attached hydrogens (tertiary/aromatic N) is 1. The molecule has 0 fully saturated rings. The Hall–Kier alpha value is -1.23. The lowest BCUT2D eigenvalue weighted by atomic mass is 10.0. The van der Waals surface area contributed by atoms with Gasteiger partial charge in [-0.25, -0.2) is 0 Å². The second-order valence-corrected chi connectivity index (χ2v) is 5.04. The zero-order valence-corrected chi connectivity index (χ0v) is 11.7. The average molecular weight is 302 g/mol. The molecule has 0 saturated carbocycles. The molecule has 0 spiro atoms. The molecule has 94 valence electrons. The molecule has 0 atom stereocenters. The van der Waals surface area contributed by atoms with Crippen LogP contribution in [0.1, 0.15) is 24.2 Å². The largest absolute Gasteiger partial charge is 0.504 e. The van der Waals surface area contributed by atoms with Crippen LogP contribution in [0.25, 0.3) is 0 Å². The summed E-state index contributed by atoms with van der Waals surface area (Å²) in [7, 11) is 1.66. The van der Waals surface area contributed by atoms with E-state index in [-0.39, 0.29) is 28.5 Å². The van der Waals surface area contributed by atoms with Crippen LogP contribution in [-0.2, 0) is 0 Å². The zero-order chi connectivity index (χ0) is 13.2. The quantitative estimate of drug-likeness (QED) is 0.665. The van der Waals surface area contributed by atoms with Gasteiger partial charge in [-0.1, -0.05) is 22.0 Å². The van der Waals surface area contributed by atoms with Crippen molar-refractivity contribution < 1.29 is 15.0 Å². The summed E-state index contributed by atoms with van der Waals surface area (Å²) in [6.45, 7) is 3.80. The highest BCUT2D eigenvalue weighted by molar-refractivity contribution is 9.09. The standard InChI is InChI=1S/C12H16BrNO3/c1-12(2,7-13)14(3)11(17)8-5-4-6-9(15)10(8)16/h4-6,15-16H,7H2,1-3H3. The van der Waals surface area contributed by atoms with Crippen molar-refractivity contribution >= 4 is 21.8 Å². The minimum atomic E-state index is -0.380. The summed E-state index contributed by atoms with van der Waals surface area (Å²) < 4.78 is 0. The molecule has 0 radical (unpaired) electrons. The molecule has 2 N–H and O–H groups in total. The number of phenols is 2. The highest BCUT2D eigenvalue weighted by atomic mass is 79.9. The third kappa shape index (κ3) is 2.72. The molecule has 5 heteroatoms. The summed E-state index contributed by atoms with van der Waals surface area (Å²) in [5.74, 6) is -1.00. The molecule has 1 rings (SSSR count). The molecule has 0 unspecified atom stereocenters. The number of para-hydroxylation sites is 1. The number of carbonyl (C=O) groups is 1. The van der Waals surface area contributed by atoms with E-state index in [0.29, 0.717) is 5.33 Å². The van der Waals surface area contributed by atoms with Crippen LogP contribution in [0, 0.1) is 0 Å². The molecule has 17 heavy (non-hydrogen) atoms. The maximum absolute atomic E-state index is 12.2. The number of amides is 1. The topological polar surface area (TPSA) is 60.8 Å². The van der Waals surface area contributed by atoms with Crippen molar-refractivity contribution in [1.82, 2.24) is 4.90 Å². The number of hydrogen-bond donors (Lipinski definition) is 2. The first-order chi connectivity index (χ1) is 7.81. The molecule has 0 saturated heterocycles. The third-order valence-corrected chi connectivity index (χ3v) is 4.16. The van der Waals surface area contributed by atoms with Crippen molar-refractivity contribution in [3.63, 3.8) is 0 Å². The van der Waals surface area contributed by atoms with Crippen LogP contribution in [0.4, 0.5) is 0 Å². The number of carbonyl (C=O) groups excluding carboxylic acids is 1. The third-order valence-electron chi connectivity index (χ3n) is 2.78. The van der Waals surface area contributed by atoms with E-state index in [4.69, 9.17) is 0 Å². The lowest BCUT2D eigenvalue weighted by Crippen LogP contribution is -2.46. The number of phenolic OH excluding ortho intramolecular Hbond substituents is 2. The Kier molecular flexibility index (Phi) is 4.03. The van der Waals surface area contributed by atoms with Gasteiger partial charge in [-0.05, 0) is 26.0 Å². The minimum absolute atomic E-state index is 0.0986. The molecular weight excluding hydrogens is 286 g/mol. The predicted octanol–water partition coefficient (Wildman–Crippen LogP) is 2.34. The minimum Gasteiger partial charge on any atom is -0.504 e. The second kappa shape index (κ2) is 4.96. The highest BCUT2D eigenvalue weighted by Crippen LogP contribution is 2.30. The average Bonchev–Trinajstić information content (AvgIpc) is 2.30. The SMILES string of the molecule is CN(C(=O)c1cccc(O)c1O)C(C)(C)CBr. The fourth-order valence-corrected chi connectivity index (χ4v) is 1.63. The van der Waals surface area contributed by atoms with E-state index in [1.54, 1.807) is 7.05 Å². The van der Waals surface area contributed by atoms with Crippen LogP contribution in [0.5, 0.6) is 11.5 Å². The summed E-state index contributed by atoms with van der Waals surface area (Å²) in [6, 6.07) is 4.34. The Labute approximate surface area is 109 Å². The summed E-state index contributed by atoms with van der Waals surface area (Å²) >= 11 is 3.34. The van der Waals surface area contributed by atoms with Gasteiger partial charge < -0.3 is 15.1 Å². The van der Waals surface area contributed by atoms with Gasteiger partial charge in [0.15, 0.2) is 11.5 Å². The van der Waals surface area contributed by atoms with Crippen molar-refractivity contribution in [1.29, 1.82) is 0 Å². The Morgan fingerprint density at radius 1 is 1.41 bits per heavy atom. The molecule has 0 heterocycles. The fraction of sp³-hybridized carbons (Fsp3) is 0.417. The van der Waals surface area contributed by atoms with Gasteiger partial charge in [-0.2, -0.15) is 0 Å². The lowest BCUT2D eigenvalue weighted by molar-refractivity contribution is 0.0660. The summed E-state index contributed by atoms with van der Waals surface area (Å²) in [6.07, 6.45) is 0. The van der Waals surface area contributed by atoms with Gasteiger partial charge in [0.05, 0.1) is 5.56 Å². The van der Waals surface area contributed by atoms with Gasteiger partial charge in [-0.15, -0.1) is 0 Å². The van der Waals surface area contributed by atoms with Crippen molar-refractivity contribution in [2.75, 3.05) is 12.4 Å². The zero-order valence-electron chi connectivity index (χ0n) is 10.1. The maximum atomic E-state index is 12.2. The molecule has 0 aliphatic rings. The van der Waals surface area contributed by atoms with Gasteiger partial charge >= 0.3 is 0 Å². The first kappa shape index (κ1) is 13.8. The number of alkyl halides is 1. The Morgan fingerprint density at radius 3 is 2.53 bits per heavy atom. The Bertz CT molecular complexity index is 432. The van der Waals surface area contributed by atoms with Crippen LogP contribution in [0.2, 0.25) is 0 Å². The van der Waals surface area contributed by atoms with Crippen molar-refractivity contribution in [3.8, 4) is 11.5 Å². The summed E-state index contributed by atoms with van der Waals surface area (Å²) in [5, 5.41) is 19.6. The molecule has 0 bridgehead atoms. The van der Waals surface area contributed by atoms with Gasteiger partial charge in [0.1, 0.15) is 0 Å². The van der Waals surface area contributed by atoms with Crippen LogP contribution < -0.4 is 0 Å². The monoisotopic (exact) mass is 301 g/mol. The number of rotatable bonds is 3. The lowest BCUT2D eigenvalue weighted by Gasteiger charge is -2.34. The van der Waals surface area contributed by atoms with E-state index in [0.717, 1.165) is 0 Å². The van der Waals surface area contributed by atoms with E-state index in [1.165, 1.54) is 23.1 Å². The van der Waals surface area contributed by atoms with Crippen molar-refractivity contribution in [2.24, 2.45) is 0 Å². The predicted molar refractivity (Wildman–Crippen MR) is 69.7 cm³/mol.